The topological polar surface area (TPSA) is 79.6 Å². The van der Waals surface area contributed by atoms with Crippen molar-refractivity contribution in [3.63, 3.8) is 0 Å². The van der Waals surface area contributed by atoms with E-state index in [0.717, 1.165) is 4.90 Å². The van der Waals surface area contributed by atoms with Gasteiger partial charge in [-0.05, 0) is 50.1 Å². The fourth-order valence-electron chi connectivity index (χ4n) is 3.27. The molecule has 1 aliphatic heterocycles. The molecule has 6 nitrogen and oxygen atoms in total. The SMILES string of the molecule is CC1(C)C(=O)N(c2cccn(CCCC(=O)O)c2=O)c2c(F)cc(Br)cc21. The first kappa shape index (κ1) is 19.3. The Morgan fingerprint density at radius 1 is 1.30 bits per heavy atom. The smallest absolute Gasteiger partial charge is 0.303 e. The summed E-state index contributed by atoms with van der Waals surface area (Å²) in [5, 5.41) is 8.76. The summed E-state index contributed by atoms with van der Waals surface area (Å²) in [7, 11) is 0. The number of carbonyl (C=O) groups is 2. The molecule has 142 valence electrons. The summed E-state index contributed by atoms with van der Waals surface area (Å²) in [4.78, 5) is 37.7. The minimum Gasteiger partial charge on any atom is -0.481 e. The summed E-state index contributed by atoms with van der Waals surface area (Å²) in [6.45, 7) is 3.57. The lowest BCUT2D eigenvalue weighted by Gasteiger charge is -2.20. The van der Waals surface area contributed by atoms with Gasteiger partial charge in [-0.25, -0.2) is 4.39 Å². The molecule has 1 N–H and O–H groups in total. The fourth-order valence-corrected chi connectivity index (χ4v) is 3.70. The maximum absolute atomic E-state index is 14.7. The summed E-state index contributed by atoms with van der Waals surface area (Å²) in [5.74, 6) is -1.94. The Hall–Kier alpha value is -2.48. The lowest BCUT2D eigenvalue weighted by molar-refractivity contribution is -0.137. The summed E-state index contributed by atoms with van der Waals surface area (Å²) in [6.07, 6.45) is 1.73. The zero-order valence-corrected chi connectivity index (χ0v) is 16.4. The van der Waals surface area contributed by atoms with E-state index >= 15 is 0 Å². The van der Waals surface area contributed by atoms with E-state index in [1.165, 1.54) is 22.9 Å². The van der Waals surface area contributed by atoms with Crippen molar-refractivity contribution in [3.05, 3.63) is 56.7 Å². The highest BCUT2D eigenvalue weighted by atomic mass is 79.9. The van der Waals surface area contributed by atoms with Crippen LogP contribution in [0.3, 0.4) is 0 Å². The van der Waals surface area contributed by atoms with E-state index in [4.69, 9.17) is 5.11 Å². The van der Waals surface area contributed by atoms with E-state index < -0.39 is 28.7 Å². The Bertz CT molecular complexity index is 1000. The van der Waals surface area contributed by atoms with Gasteiger partial charge < -0.3 is 9.67 Å². The number of hydrogen-bond acceptors (Lipinski definition) is 3. The molecular formula is C19H18BrFN2O4. The molecule has 0 bridgehead atoms. The first-order valence-corrected chi connectivity index (χ1v) is 9.19. The van der Waals surface area contributed by atoms with Gasteiger partial charge in [-0.15, -0.1) is 0 Å². The van der Waals surface area contributed by atoms with Crippen LogP contribution in [-0.2, 0) is 21.5 Å². The van der Waals surface area contributed by atoms with Crippen molar-refractivity contribution in [2.24, 2.45) is 0 Å². The van der Waals surface area contributed by atoms with Crippen LogP contribution in [0.5, 0.6) is 0 Å². The molecule has 0 fully saturated rings. The van der Waals surface area contributed by atoms with Crippen LogP contribution >= 0.6 is 15.9 Å². The highest BCUT2D eigenvalue weighted by Crippen LogP contribution is 2.46. The molecule has 3 rings (SSSR count). The van der Waals surface area contributed by atoms with Crippen LogP contribution in [0.4, 0.5) is 15.8 Å². The predicted octanol–water partition coefficient (Wildman–Crippen LogP) is 3.57. The summed E-state index contributed by atoms with van der Waals surface area (Å²) >= 11 is 3.25. The van der Waals surface area contributed by atoms with Crippen LogP contribution in [-0.4, -0.2) is 21.6 Å². The van der Waals surface area contributed by atoms with Gasteiger partial charge >= 0.3 is 5.97 Å². The maximum atomic E-state index is 14.7. The van der Waals surface area contributed by atoms with Crippen LogP contribution in [0.1, 0.15) is 32.3 Å². The fraction of sp³-hybridized carbons (Fsp3) is 0.316. The van der Waals surface area contributed by atoms with Crippen molar-refractivity contribution in [2.75, 3.05) is 4.90 Å². The number of nitrogens with zero attached hydrogens (tertiary/aromatic N) is 2. The molecule has 1 aromatic carbocycles. The number of rotatable bonds is 5. The standard InChI is InChI=1S/C19H18BrFN2O4/c1-19(2)12-9-11(20)10-13(21)16(12)23(18(19)27)14-5-3-7-22(17(14)26)8-4-6-15(24)25/h3,5,7,9-10H,4,6,8H2,1-2H3,(H,24,25). The number of carboxylic acids is 1. The minimum absolute atomic E-state index is 0.0471. The molecule has 27 heavy (non-hydrogen) atoms. The molecule has 0 aliphatic carbocycles. The molecule has 0 unspecified atom stereocenters. The van der Waals surface area contributed by atoms with Crippen LogP contribution in [0.2, 0.25) is 0 Å². The molecule has 0 atom stereocenters. The van der Waals surface area contributed by atoms with Gasteiger partial charge in [0, 0.05) is 23.6 Å². The third-order valence-electron chi connectivity index (χ3n) is 4.69. The van der Waals surface area contributed by atoms with Gasteiger partial charge in [-0.1, -0.05) is 15.9 Å². The second-order valence-electron chi connectivity index (χ2n) is 6.94. The number of hydrogen-bond donors (Lipinski definition) is 1. The molecular weight excluding hydrogens is 419 g/mol. The van der Waals surface area contributed by atoms with Gasteiger partial charge in [0.05, 0.1) is 11.1 Å². The quantitative estimate of drug-likeness (QED) is 0.776. The highest BCUT2D eigenvalue weighted by molar-refractivity contribution is 9.10. The molecule has 1 aliphatic rings. The summed E-state index contributed by atoms with van der Waals surface area (Å²) < 4.78 is 16.6. The van der Waals surface area contributed by atoms with E-state index in [-0.39, 0.29) is 30.8 Å². The molecule has 1 amide bonds. The van der Waals surface area contributed by atoms with Gasteiger partial charge in [0.1, 0.15) is 11.5 Å². The number of aliphatic carboxylic acids is 1. The Kier molecular flexibility index (Phi) is 4.94. The van der Waals surface area contributed by atoms with Crippen LogP contribution < -0.4 is 10.5 Å². The first-order valence-electron chi connectivity index (χ1n) is 8.40. The van der Waals surface area contributed by atoms with E-state index in [2.05, 4.69) is 15.9 Å². The third kappa shape index (κ3) is 3.29. The lowest BCUT2D eigenvalue weighted by atomic mass is 9.86. The molecule has 1 aromatic heterocycles. The number of carboxylic acid groups (broad SMARTS) is 1. The van der Waals surface area contributed by atoms with Crippen molar-refractivity contribution >= 4 is 39.2 Å². The van der Waals surface area contributed by atoms with Gasteiger partial charge in [0.25, 0.3) is 5.56 Å². The molecule has 2 aromatic rings. The number of amides is 1. The molecule has 0 radical (unpaired) electrons. The Morgan fingerprint density at radius 3 is 2.67 bits per heavy atom. The number of aryl methyl sites for hydroxylation is 1. The van der Waals surface area contributed by atoms with Crippen molar-refractivity contribution in [2.45, 2.75) is 38.6 Å². The first-order chi connectivity index (χ1) is 12.6. The third-order valence-corrected chi connectivity index (χ3v) is 5.15. The van der Waals surface area contributed by atoms with Gasteiger partial charge in [-0.3, -0.25) is 19.3 Å². The molecule has 0 spiro atoms. The predicted molar refractivity (Wildman–Crippen MR) is 102 cm³/mol. The zero-order chi connectivity index (χ0) is 19.9. The van der Waals surface area contributed by atoms with Crippen molar-refractivity contribution in [1.82, 2.24) is 4.57 Å². The van der Waals surface area contributed by atoms with E-state index in [1.54, 1.807) is 26.0 Å². The second-order valence-corrected chi connectivity index (χ2v) is 7.85. The zero-order valence-electron chi connectivity index (χ0n) is 14.8. The van der Waals surface area contributed by atoms with Crippen molar-refractivity contribution < 1.29 is 19.1 Å². The molecule has 2 heterocycles. The molecule has 0 saturated heterocycles. The summed E-state index contributed by atoms with van der Waals surface area (Å²) in [6, 6.07) is 6.01. The number of carbonyl (C=O) groups excluding carboxylic acids is 1. The normalized spacial score (nSPS) is 15.1. The molecule has 8 heteroatoms. The van der Waals surface area contributed by atoms with Crippen LogP contribution in [0, 0.1) is 5.82 Å². The monoisotopic (exact) mass is 436 g/mol. The Labute approximate surface area is 163 Å². The van der Waals surface area contributed by atoms with E-state index in [0.29, 0.717) is 10.0 Å². The molecule has 0 saturated carbocycles. The number of benzene rings is 1. The number of anilines is 2. The van der Waals surface area contributed by atoms with Crippen molar-refractivity contribution in [1.29, 1.82) is 0 Å². The summed E-state index contributed by atoms with van der Waals surface area (Å²) in [5.41, 5.74) is -0.835. The minimum atomic E-state index is -0.990. The largest absolute Gasteiger partial charge is 0.481 e. The number of pyridine rings is 1. The second kappa shape index (κ2) is 6.92. The van der Waals surface area contributed by atoms with Gasteiger partial charge in [-0.2, -0.15) is 0 Å². The van der Waals surface area contributed by atoms with E-state index in [1.807, 2.05) is 0 Å². The number of aromatic nitrogens is 1. The Balaban J connectivity index is 2.09. The average Bonchev–Trinajstić information content (AvgIpc) is 2.77. The van der Waals surface area contributed by atoms with E-state index in [9.17, 15) is 18.8 Å². The van der Waals surface area contributed by atoms with Crippen LogP contribution in [0.25, 0.3) is 0 Å². The lowest BCUT2D eigenvalue weighted by Crippen LogP contribution is -2.37. The number of fused-ring (bicyclic) bond motifs is 1. The average molecular weight is 437 g/mol. The van der Waals surface area contributed by atoms with Crippen LogP contribution in [0.15, 0.2) is 39.7 Å². The Morgan fingerprint density at radius 2 is 2.00 bits per heavy atom. The van der Waals surface area contributed by atoms with Crippen molar-refractivity contribution in [3.8, 4) is 0 Å². The van der Waals surface area contributed by atoms with Gasteiger partial charge in [0.15, 0.2) is 0 Å². The maximum Gasteiger partial charge on any atom is 0.303 e. The number of halogens is 2. The highest BCUT2D eigenvalue weighted by Gasteiger charge is 2.47. The van der Waals surface area contributed by atoms with Gasteiger partial charge in [0.2, 0.25) is 5.91 Å².